The largest absolute Gasteiger partial charge is 0.298 e. The van der Waals surface area contributed by atoms with Gasteiger partial charge in [-0.3, -0.25) is 4.90 Å². The van der Waals surface area contributed by atoms with E-state index in [4.69, 9.17) is 5.26 Å². The number of hydrogen-bond acceptors (Lipinski definition) is 2. The molecule has 1 unspecified atom stereocenters. The van der Waals surface area contributed by atoms with Crippen molar-refractivity contribution in [3.63, 3.8) is 0 Å². The van der Waals surface area contributed by atoms with Crippen LogP contribution in [0.1, 0.15) is 18.4 Å². The quantitative estimate of drug-likeness (QED) is 0.831. The Morgan fingerprint density at radius 3 is 3.12 bits per heavy atom. The molecule has 0 amide bonds. The molecule has 1 aromatic rings. The number of nitriles is 1. The lowest BCUT2D eigenvalue weighted by atomic mass is 9.99. The maximum absolute atomic E-state index is 8.93. The lowest BCUT2D eigenvalue weighted by molar-refractivity contribution is 0.192. The highest BCUT2D eigenvalue weighted by Gasteiger charge is 2.19. The lowest BCUT2D eigenvalue weighted by Gasteiger charge is -2.29. The molecule has 1 aromatic carbocycles. The number of halogens is 1. The van der Waals surface area contributed by atoms with Gasteiger partial charge in [0, 0.05) is 17.6 Å². The van der Waals surface area contributed by atoms with Crippen molar-refractivity contribution in [1.82, 2.24) is 4.90 Å². The summed E-state index contributed by atoms with van der Waals surface area (Å²) in [7, 11) is 0. The van der Waals surface area contributed by atoms with Crippen molar-refractivity contribution in [2.24, 2.45) is 5.92 Å². The fourth-order valence-corrected chi connectivity index (χ4v) is 2.64. The molecule has 0 aliphatic carbocycles. The molecule has 2 rings (SSSR count). The maximum Gasteiger partial charge on any atom is 0.0669 e. The van der Waals surface area contributed by atoms with Crippen LogP contribution >= 0.6 is 15.9 Å². The van der Waals surface area contributed by atoms with E-state index in [9.17, 15) is 0 Å². The molecule has 0 spiro atoms. The molecular formula is C13H15BrN2. The van der Waals surface area contributed by atoms with Crippen LogP contribution in [0.5, 0.6) is 0 Å². The van der Waals surface area contributed by atoms with Crippen LogP contribution in [0.25, 0.3) is 0 Å². The van der Waals surface area contributed by atoms with E-state index in [1.807, 2.05) is 6.07 Å². The molecule has 16 heavy (non-hydrogen) atoms. The molecule has 1 atom stereocenters. The van der Waals surface area contributed by atoms with Gasteiger partial charge in [-0.1, -0.05) is 28.1 Å². The SMILES string of the molecule is N#CC1CCCN(Cc2cccc(Br)c2)C1. The Bertz CT molecular complexity index is 397. The van der Waals surface area contributed by atoms with Crippen LogP contribution in [-0.2, 0) is 6.54 Å². The summed E-state index contributed by atoms with van der Waals surface area (Å²) in [5.74, 6) is 0.223. The molecule has 2 nitrogen and oxygen atoms in total. The topological polar surface area (TPSA) is 27.0 Å². The van der Waals surface area contributed by atoms with Crippen molar-refractivity contribution in [2.45, 2.75) is 19.4 Å². The van der Waals surface area contributed by atoms with Crippen molar-refractivity contribution < 1.29 is 0 Å². The zero-order chi connectivity index (χ0) is 11.4. The first-order valence-corrected chi connectivity index (χ1v) is 6.43. The minimum Gasteiger partial charge on any atom is -0.298 e. The number of nitrogens with zero attached hydrogens (tertiary/aromatic N) is 2. The van der Waals surface area contributed by atoms with E-state index in [2.05, 4.69) is 45.1 Å². The number of piperidine rings is 1. The van der Waals surface area contributed by atoms with Crippen LogP contribution in [0.15, 0.2) is 28.7 Å². The highest BCUT2D eigenvalue weighted by molar-refractivity contribution is 9.10. The van der Waals surface area contributed by atoms with E-state index in [-0.39, 0.29) is 5.92 Å². The summed E-state index contributed by atoms with van der Waals surface area (Å²) in [4.78, 5) is 2.37. The molecule has 1 saturated heterocycles. The van der Waals surface area contributed by atoms with E-state index in [1.165, 1.54) is 5.56 Å². The predicted molar refractivity (Wildman–Crippen MR) is 67.8 cm³/mol. The average molecular weight is 279 g/mol. The van der Waals surface area contributed by atoms with E-state index < -0.39 is 0 Å². The van der Waals surface area contributed by atoms with Crippen LogP contribution in [0.2, 0.25) is 0 Å². The van der Waals surface area contributed by atoms with Gasteiger partial charge in [0.1, 0.15) is 0 Å². The van der Waals surface area contributed by atoms with Gasteiger partial charge in [-0.05, 0) is 37.1 Å². The van der Waals surface area contributed by atoms with E-state index in [0.29, 0.717) is 0 Å². The Morgan fingerprint density at radius 2 is 2.38 bits per heavy atom. The number of hydrogen-bond donors (Lipinski definition) is 0. The van der Waals surface area contributed by atoms with Gasteiger partial charge >= 0.3 is 0 Å². The summed E-state index contributed by atoms with van der Waals surface area (Å²) < 4.78 is 1.12. The third kappa shape index (κ3) is 3.07. The van der Waals surface area contributed by atoms with Gasteiger partial charge in [0.05, 0.1) is 12.0 Å². The minimum absolute atomic E-state index is 0.223. The van der Waals surface area contributed by atoms with Gasteiger partial charge in [-0.25, -0.2) is 0 Å². The summed E-state index contributed by atoms with van der Waals surface area (Å²) in [6.45, 7) is 2.99. The molecule has 0 saturated carbocycles. The number of benzene rings is 1. The van der Waals surface area contributed by atoms with Gasteiger partial charge in [0.15, 0.2) is 0 Å². The summed E-state index contributed by atoms with van der Waals surface area (Å²) in [6, 6.07) is 10.8. The molecule has 0 aromatic heterocycles. The second-order valence-electron chi connectivity index (χ2n) is 4.33. The van der Waals surface area contributed by atoms with Gasteiger partial charge in [0.25, 0.3) is 0 Å². The van der Waals surface area contributed by atoms with E-state index in [0.717, 1.165) is 36.9 Å². The third-order valence-electron chi connectivity index (χ3n) is 2.98. The predicted octanol–water partition coefficient (Wildman–Crippen LogP) is 3.18. The zero-order valence-corrected chi connectivity index (χ0v) is 10.8. The Balaban J connectivity index is 1.97. The average Bonchev–Trinajstić information content (AvgIpc) is 2.29. The van der Waals surface area contributed by atoms with Crippen molar-refractivity contribution in [3.8, 4) is 6.07 Å². The molecule has 0 N–H and O–H groups in total. The molecular weight excluding hydrogens is 264 g/mol. The molecule has 1 fully saturated rings. The maximum atomic E-state index is 8.93. The van der Waals surface area contributed by atoms with Gasteiger partial charge in [-0.15, -0.1) is 0 Å². The standard InChI is InChI=1S/C13H15BrN2/c14-13-5-1-3-11(7-13)9-16-6-2-4-12(8-15)10-16/h1,3,5,7,12H,2,4,6,9-10H2. The van der Waals surface area contributed by atoms with Crippen molar-refractivity contribution in [2.75, 3.05) is 13.1 Å². The van der Waals surface area contributed by atoms with Gasteiger partial charge < -0.3 is 0 Å². The highest BCUT2D eigenvalue weighted by Crippen LogP contribution is 2.19. The van der Waals surface area contributed by atoms with Gasteiger partial charge in [0.2, 0.25) is 0 Å². The normalized spacial score (nSPS) is 21.6. The molecule has 0 radical (unpaired) electrons. The van der Waals surface area contributed by atoms with Crippen LogP contribution in [-0.4, -0.2) is 18.0 Å². The van der Waals surface area contributed by atoms with Crippen LogP contribution in [0.4, 0.5) is 0 Å². The monoisotopic (exact) mass is 278 g/mol. The molecule has 1 heterocycles. The molecule has 84 valence electrons. The minimum atomic E-state index is 0.223. The Kier molecular flexibility index (Phi) is 3.98. The van der Waals surface area contributed by atoms with Gasteiger partial charge in [-0.2, -0.15) is 5.26 Å². The fourth-order valence-electron chi connectivity index (χ4n) is 2.20. The van der Waals surface area contributed by atoms with Crippen molar-refractivity contribution >= 4 is 15.9 Å². The summed E-state index contributed by atoms with van der Waals surface area (Å²) in [5, 5.41) is 8.93. The number of rotatable bonds is 2. The van der Waals surface area contributed by atoms with Crippen molar-refractivity contribution in [3.05, 3.63) is 34.3 Å². The Morgan fingerprint density at radius 1 is 1.50 bits per heavy atom. The summed E-state index contributed by atoms with van der Waals surface area (Å²) in [5.41, 5.74) is 1.31. The first-order valence-electron chi connectivity index (χ1n) is 5.64. The van der Waals surface area contributed by atoms with Crippen molar-refractivity contribution in [1.29, 1.82) is 5.26 Å². The van der Waals surface area contributed by atoms with E-state index >= 15 is 0 Å². The molecule has 1 aliphatic rings. The lowest BCUT2D eigenvalue weighted by Crippen LogP contribution is -2.34. The highest BCUT2D eigenvalue weighted by atomic mass is 79.9. The Hall–Kier alpha value is -0.850. The fraction of sp³-hybridized carbons (Fsp3) is 0.462. The number of likely N-dealkylation sites (tertiary alicyclic amines) is 1. The zero-order valence-electron chi connectivity index (χ0n) is 9.19. The smallest absolute Gasteiger partial charge is 0.0669 e. The summed E-state index contributed by atoms with van der Waals surface area (Å²) in [6.07, 6.45) is 2.21. The molecule has 3 heteroatoms. The van der Waals surface area contributed by atoms with Crippen LogP contribution < -0.4 is 0 Å². The first kappa shape index (κ1) is 11.6. The first-order chi connectivity index (χ1) is 7.78. The second-order valence-corrected chi connectivity index (χ2v) is 5.25. The third-order valence-corrected chi connectivity index (χ3v) is 3.48. The second kappa shape index (κ2) is 5.47. The summed E-state index contributed by atoms with van der Waals surface area (Å²) >= 11 is 3.48. The Labute approximate surface area is 105 Å². The molecule has 0 bridgehead atoms. The van der Waals surface area contributed by atoms with Crippen LogP contribution in [0, 0.1) is 17.2 Å². The molecule has 1 aliphatic heterocycles. The van der Waals surface area contributed by atoms with E-state index in [1.54, 1.807) is 0 Å². The van der Waals surface area contributed by atoms with Crippen LogP contribution in [0.3, 0.4) is 0 Å².